The Kier molecular flexibility index (Phi) is 4.89. The van der Waals surface area contributed by atoms with Crippen LogP contribution in [0.5, 0.6) is 0 Å². The van der Waals surface area contributed by atoms with Gasteiger partial charge in [-0.3, -0.25) is 19.7 Å². The second-order valence-corrected chi connectivity index (χ2v) is 7.16. The van der Waals surface area contributed by atoms with Gasteiger partial charge in [-0.2, -0.15) is 0 Å². The predicted octanol–water partition coefficient (Wildman–Crippen LogP) is 3.60. The number of fused-ring (bicyclic) bond motifs is 1. The lowest BCUT2D eigenvalue weighted by atomic mass is 9.88. The van der Waals surface area contributed by atoms with Crippen molar-refractivity contribution in [1.82, 2.24) is 0 Å². The molecule has 0 spiro atoms. The molecule has 30 heavy (non-hydrogen) atoms. The molecule has 0 saturated carbocycles. The van der Waals surface area contributed by atoms with E-state index in [-0.39, 0.29) is 17.8 Å². The number of amides is 1. The van der Waals surface area contributed by atoms with Gasteiger partial charge in [0.2, 0.25) is 0 Å². The van der Waals surface area contributed by atoms with Crippen molar-refractivity contribution in [3.63, 3.8) is 0 Å². The van der Waals surface area contributed by atoms with Crippen molar-refractivity contribution in [1.29, 1.82) is 0 Å². The number of nitrogens with zero attached hydrogens (tertiary/aromatic N) is 2. The van der Waals surface area contributed by atoms with Crippen molar-refractivity contribution in [3.8, 4) is 0 Å². The third kappa shape index (κ3) is 3.35. The van der Waals surface area contributed by atoms with Crippen LogP contribution in [0.1, 0.15) is 27.9 Å². The van der Waals surface area contributed by atoms with Crippen LogP contribution < -0.4 is 4.90 Å². The van der Waals surface area contributed by atoms with Crippen LogP contribution in [0, 0.1) is 10.1 Å². The summed E-state index contributed by atoms with van der Waals surface area (Å²) in [5, 5.41) is 22.1. The van der Waals surface area contributed by atoms with E-state index in [1.165, 1.54) is 29.2 Å². The molecule has 1 atom stereocenters. The van der Waals surface area contributed by atoms with Crippen molar-refractivity contribution in [2.75, 3.05) is 4.90 Å². The van der Waals surface area contributed by atoms with Crippen LogP contribution >= 0.6 is 0 Å². The van der Waals surface area contributed by atoms with Gasteiger partial charge in [0.05, 0.1) is 23.6 Å². The highest BCUT2D eigenvalue weighted by Crippen LogP contribution is 2.43. The number of nitro groups is 1. The summed E-state index contributed by atoms with van der Waals surface area (Å²) < 4.78 is 0. The Morgan fingerprint density at radius 1 is 0.967 bits per heavy atom. The largest absolute Gasteiger partial charge is 0.375 e. The summed E-state index contributed by atoms with van der Waals surface area (Å²) in [7, 11) is 0. The second kappa shape index (κ2) is 7.53. The van der Waals surface area contributed by atoms with Crippen molar-refractivity contribution >= 4 is 23.1 Å². The van der Waals surface area contributed by atoms with E-state index in [1.807, 2.05) is 30.3 Å². The molecule has 0 fully saturated rings. The number of para-hydroxylation sites is 1. The fraction of sp³-hybridized carbons (Fsp3) is 0.130. The SMILES string of the molecule is O=C(CC1(O)C(=O)N(Cc2ccccc2)c2ccccc21)c1ccc([N+](=O)[O-])cc1. The first-order valence-corrected chi connectivity index (χ1v) is 9.35. The summed E-state index contributed by atoms with van der Waals surface area (Å²) in [6.07, 6.45) is -0.452. The molecule has 0 radical (unpaired) electrons. The Bertz CT molecular complexity index is 1130. The van der Waals surface area contributed by atoms with Crippen molar-refractivity contribution < 1.29 is 19.6 Å². The first-order valence-electron chi connectivity index (χ1n) is 9.35. The molecule has 1 N–H and O–H groups in total. The van der Waals surface area contributed by atoms with Crippen LogP contribution in [0.4, 0.5) is 11.4 Å². The van der Waals surface area contributed by atoms with E-state index >= 15 is 0 Å². The molecule has 3 aromatic rings. The van der Waals surface area contributed by atoms with E-state index < -0.39 is 28.6 Å². The van der Waals surface area contributed by atoms with Gasteiger partial charge in [0.25, 0.3) is 11.6 Å². The highest BCUT2D eigenvalue weighted by Gasteiger charge is 2.50. The minimum atomic E-state index is -2.00. The van der Waals surface area contributed by atoms with Gasteiger partial charge < -0.3 is 10.0 Å². The second-order valence-electron chi connectivity index (χ2n) is 7.16. The number of hydrogen-bond acceptors (Lipinski definition) is 5. The van der Waals surface area contributed by atoms with Gasteiger partial charge in [-0.25, -0.2) is 0 Å². The average molecular weight is 402 g/mol. The van der Waals surface area contributed by atoms with E-state index in [4.69, 9.17) is 0 Å². The van der Waals surface area contributed by atoms with Gasteiger partial charge >= 0.3 is 0 Å². The third-order valence-corrected chi connectivity index (χ3v) is 5.24. The van der Waals surface area contributed by atoms with Gasteiger partial charge in [0.1, 0.15) is 0 Å². The van der Waals surface area contributed by atoms with Crippen molar-refractivity contribution in [3.05, 3.63) is 106 Å². The lowest BCUT2D eigenvalue weighted by molar-refractivity contribution is -0.384. The number of nitro benzene ring substituents is 1. The van der Waals surface area contributed by atoms with E-state index in [2.05, 4.69) is 0 Å². The number of Topliss-reactive ketones (excluding diaryl/α,β-unsaturated/α-hetero) is 1. The normalized spacial score (nSPS) is 17.6. The molecule has 1 unspecified atom stereocenters. The van der Waals surface area contributed by atoms with E-state index in [9.17, 15) is 24.8 Å². The zero-order valence-electron chi connectivity index (χ0n) is 15.9. The zero-order chi connectivity index (χ0) is 21.3. The molecule has 150 valence electrons. The van der Waals surface area contributed by atoms with Gasteiger partial charge in [-0.15, -0.1) is 0 Å². The predicted molar refractivity (Wildman–Crippen MR) is 110 cm³/mol. The minimum absolute atomic E-state index is 0.137. The fourth-order valence-electron chi connectivity index (χ4n) is 3.70. The van der Waals surface area contributed by atoms with Gasteiger partial charge in [-0.05, 0) is 23.8 Å². The maximum atomic E-state index is 13.2. The molecule has 1 aliphatic heterocycles. The lowest BCUT2D eigenvalue weighted by Gasteiger charge is -2.23. The number of non-ortho nitro benzene ring substituents is 1. The number of anilines is 1. The molecule has 1 amide bonds. The quantitative estimate of drug-likeness (QED) is 0.386. The number of benzene rings is 3. The highest BCUT2D eigenvalue weighted by molar-refractivity contribution is 6.10. The standard InChI is InChI=1S/C23H18N2O5/c26-21(17-10-12-18(13-11-17)25(29)30)14-23(28)19-8-4-5-9-20(19)24(22(23)27)15-16-6-2-1-3-7-16/h1-13,28H,14-15H2. The number of carbonyl (C=O) groups excluding carboxylic acids is 2. The molecule has 4 rings (SSSR count). The lowest BCUT2D eigenvalue weighted by Crippen LogP contribution is -2.41. The van der Waals surface area contributed by atoms with E-state index in [0.717, 1.165) is 5.56 Å². The number of carbonyl (C=O) groups is 2. The first kappa shape index (κ1) is 19.5. The zero-order valence-corrected chi connectivity index (χ0v) is 15.9. The fourth-order valence-corrected chi connectivity index (χ4v) is 3.70. The molecule has 0 aromatic heterocycles. The Labute approximate surface area is 172 Å². The molecule has 7 nitrogen and oxygen atoms in total. The van der Waals surface area contributed by atoms with Crippen LogP contribution in [-0.4, -0.2) is 21.7 Å². The molecule has 1 heterocycles. The van der Waals surface area contributed by atoms with E-state index in [0.29, 0.717) is 11.3 Å². The Morgan fingerprint density at radius 3 is 2.27 bits per heavy atom. The number of ketones is 1. The molecule has 0 aliphatic carbocycles. The molecule has 3 aromatic carbocycles. The van der Waals surface area contributed by atoms with Crippen molar-refractivity contribution in [2.45, 2.75) is 18.6 Å². The summed E-state index contributed by atoms with van der Waals surface area (Å²) >= 11 is 0. The summed E-state index contributed by atoms with van der Waals surface area (Å²) in [5.41, 5.74) is -0.106. The average Bonchev–Trinajstić information content (AvgIpc) is 2.96. The smallest absolute Gasteiger partial charge is 0.269 e. The van der Waals surface area contributed by atoms with Gasteiger partial charge in [0, 0.05) is 23.3 Å². The van der Waals surface area contributed by atoms with Crippen molar-refractivity contribution in [2.24, 2.45) is 0 Å². The molecular formula is C23H18N2O5. The summed E-state index contributed by atoms with van der Waals surface area (Å²) in [4.78, 5) is 37.8. The van der Waals surface area contributed by atoms with Gasteiger partial charge in [0.15, 0.2) is 11.4 Å². The highest BCUT2D eigenvalue weighted by atomic mass is 16.6. The Morgan fingerprint density at radius 2 is 1.60 bits per heavy atom. The van der Waals surface area contributed by atoms with Crippen LogP contribution in [0.3, 0.4) is 0 Å². The topological polar surface area (TPSA) is 101 Å². The Balaban J connectivity index is 1.64. The Hall–Kier alpha value is -3.84. The van der Waals surface area contributed by atoms with E-state index in [1.54, 1.807) is 24.3 Å². The monoisotopic (exact) mass is 402 g/mol. The minimum Gasteiger partial charge on any atom is -0.375 e. The van der Waals surface area contributed by atoms with Crippen LogP contribution in [0.15, 0.2) is 78.9 Å². The number of aliphatic hydroxyl groups is 1. The van der Waals surface area contributed by atoms with Gasteiger partial charge in [-0.1, -0.05) is 48.5 Å². The summed E-state index contributed by atoms with van der Waals surface area (Å²) in [6, 6.07) is 21.4. The van der Waals surface area contributed by atoms with Crippen LogP contribution in [0.2, 0.25) is 0 Å². The summed E-state index contributed by atoms with van der Waals surface area (Å²) in [5.74, 6) is -1.04. The maximum absolute atomic E-state index is 13.2. The molecule has 1 aliphatic rings. The summed E-state index contributed by atoms with van der Waals surface area (Å²) in [6.45, 7) is 0.269. The first-order chi connectivity index (χ1) is 14.4. The molecular weight excluding hydrogens is 384 g/mol. The molecule has 7 heteroatoms. The van der Waals surface area contributed by atoms with Crippen LogP contribution in [-0.2, 0) is 16.9 Å². The maximum Gasteiger partial charge on any atom is 0.269 e. The molecule has 0 bridgehead atoms. The molecule has 0 saturated heterocycles. The third-order valence-electron chi connectivity index (χ3n) is 5.24. The van der Waals surface area contributed by atoms with Crippen LogP contribution in [0.25, 0.3) is 0 Å². The number of hydrogen-bond donors (Lipinski definition) is 1. The number of rotatable bonds is 6.